The second kappa shape index (κ2) is 5.55. The monoisotopic (exact) mass is 344 g/mol. The Labute approximate surface area is 124 Å². The maximum absolute atomic E-state index is 12.5. The van der Waals surface area contributed by atoms with Crippen LogP contribution in [0, 0.1) is 0 Å². The Morgan fingerprint density at radius 2 is 2.21 bits per heavy atom. The van der Waals surface area contributed by atoms with E-state index >= 15 is 0 Å². The number of carbonyl (C=O) groups excluding carboxylic acids is 1. The molecule has 10 heteroatoms. The number of primary amides is 1. The zero-order valence-electron chi connectivity index (χ0n) is 9.51. The Bertz CT molecular complexity index is 601. The summed E-state index contributed by atoms with van der Waals surface area (Å²) in [6, 6.07) is 0.228. The minimum Gasteiger partial charge on any atom is -0.378 e. The third-order valence-corrected chi connectivity index (χ3v) is 6.28. The second-order valence-corrected chi connectivity index (χ2v) is 7.94. The third kappa shape index (κ3) is 2.88. The van der Waals surface area contributed by atoms with Gasteiger partial charge in [-0.15, -0.1) is 11.3 Å². The van der Waals surface area contributed by atoms with Gasteiger partial charge in [-0.05, 0) is 6.07 Å². The Balaban J connectivity index is 2.43. The zero-order valence-corrected chi connectivity index (χ0v) is 12.7. The van der Waals surface area contributed by atoms with Crippen molar-refractivity contribution in [1.82, 2.24) is 4.31 Å². The molecule has 0 aromatic carbocycles. The molecule has 0 aliphatic carbocycles. The number of amides is 1. The van der Waals surface area contributed by atoms with Crippen molar-refractivity contribution in [3.63, 3.8) is 0 Å². The lowest BCUT2D eigenvalue weighted by molar-refractivity contribution is -0.125. The molecule has 106 valence electrons. The lowest BCUT2D eigenvalue weighted by atomic mass is 10.3. The van der Waals surface area contributed by atoms with E-state index in [0.717, 1.165) is 15.6 Å². The van der Waals surface area contributed by atoms with Gasteiger partial charge in [-0.25, -0.2) is 8.42 Å². The molecule has 6 nitrogen and oxygen atoms in total. The van der Waals surface area contributed by atoms with E-state index in [4.69, 9.17) is 33.7 Å². The van der Waals surface area contributed by atoms with Crippen LogP contribution in [0.25, 0.3) is 0 Å². The highest BCUT2D eigenvalue weighted by atomic mass is 35.5. The maximum Gasteiger partial charge on any atom is 0.246 e. The number of morpholine rings is 1. The van der Waals surface area contributed by atoms with Crippen molar-refractivity contribution in [2.45, 2.75) is 10.9 Å². The van der Waals surface area contributed by atoms with Gasteiger partial charge >= 0.3 is 0 Å². The number of hydrogen-bond acceptors (Lipinski definition) is 5. The molecule has 1 saturated heterocycles. The number of thiophene rings is 1. The van der Waals surface area contributed by atoms with Gasteiger partial charge in [-0.2, -0.15) is 4.31 Å². The molecular weight excluding hydrogens is 335 g/mol. The normalized spacial score (nSPS) is 21.5. The molecule has 1 atom stereocenters. The highest BCUT2D eigenvalue weighted by molar-refractivity contribution is 7.89. The van der Waals surface area contributed by atoms with Crippen molar-refractivity contribution < 1.29 is 17.9 Å². The first-order valence-electron chi connectivity index (χ1n) is 5.18. The van der Waals surface area contributed by atoms with Crippen LogP contribution in [0.2, 0.25) is 8.67 Å². The molecule has 0 bridgehead atoms. The summed E-state index contributed by atoms with van der Waals surface area (Å²) in [4.78, 5) is 11.2. The number of halogens is 2. The third-order valence-electron chi connectivity index (χ3n) is 2.62. The van der Waals surface area contributed by atoms with E-state index in [1.54, 1.807) is 0 Å². The van der Waals surface area contributed by atoms with Crippen molar-refractivity contribution in [1.29, 1.82) is 0 Å². The molecule has 1 aliphatic rings. The number of ether oxygens (including phenoxy) is 1. The second-order valence-electron chi connectivity index (χ2n) is 3.80. The number of nitrogens with zero attached hydrogens (tertiary/aromatic N) is 1. The topological polar surface area (TPSA) is 89.7 Å². The summed E-state index contributed by atoms with van der Waals surface area (Å²) in [5.41, 5.74) is 5.19. The maximum atomic E-state index is 12.5. The van der Waals surface area contributed by atoms with E-state index in [0.29, 0.717) is 0 Å². The van der Waals surface area contributed by atoms with Gasteiger partial charge in [-0.1, -0.05) is 23.2 Å². The van der Waals surface area contributed by atoms with Crippen LogP contribution < -0.4 is 5.73 Å². The van der Waals surface area contributed by atoms with Crippen LogP contribution in [-0.4, -0.2) is 44.4 Å². The summed E-state index contributed by atoms with van der Waals surface area (Å²) in [5.74, 6) is -0.763. The lowest BCUT2D eigenvalue weighted by Crippen LogP contribution is -2.54. The van der Waals surface area contributed by atoms with Crippen molar-refractivity contribution in [2.24, 2.45) is 5.73 Å². The number of nitrogens with two attached hydrogens (primary N) is 1. The van der Waals surface area contributed by atoms with Crippen LogP contribution in [-0.2, 0) is 19.6 Å². The molecule has 0 radical (unpaired) electrons. The summed E-state index contributed by atoms with van der Waals surface area (Å²) >= 11 is 12.5. The first-order chi connectivity index (χ1) is 8.84. The van der Waals surface area contributed by atoms with Crippen molar-refractivity contribution in [2.75, 3.05) is 19.8 Å². The predicted octanol–water partition coefficient (Wildman–Crippen LogP) is 0.930. The molecule has 1 amide bonds. The SMILES string of the molecule is NC(=O)C1COCCN1S(=O)(=O)c1cc(Cl)sc1Cl. The summed E-state index contributed by atoms with van der Waals surface area (Å²) in [7, 11) is -3.92. The Morgan fingerprint density at radius 3 is 2.74 bits per heavy atom. The number of rotatable bonds is 3. The minimum absolute atomic E-state index is 0.0414. The van der Waals surface area contributed by atoms with Crippen LogP contribution >= 0.6 is 34.5 Å². The average molecular weight is 345 g/mol. The molecule has 1 aromatic rings. The summed E-state index contributed by atoms with van der Waals surface area (Å²) < 4.78 is 31.3. The first kappa shape index (κ1) is 15.0. The standard InChI is InChI=1S/C9H10Cl2N2O4S2/c10-7-3-6(8(11)18-7)19(15,16)13-1-2-17-4-5(13)9(12)14/h3,5H,1-2,4H2,(H2,12,14). The molecule has 1 unspecified atom stereocenters. The van der Waals surface area contributed by atoms with Gasteiger partial charge in [0, 0.05) is 6.54 Å². The fourth-order valence-electron chi connectivity index (χ4n) is 1.73. The highest BCUT2D eigenvalue weighted by Gasteiger charge is 2.38. The Hall–Kier alpha value is -0.380. The lowest BCUT2D eigenvalue weighted by Gasteiger charge is -2.32. The van der Waals surface area contributed by atoms with E-state index < -0.39 is 22.0 Å². The molecule has 1 fully saturated rings. The molecule has 2 N–H and O–H groups in total. The van der Waals surface area contributed by atoms with Crippen LogP contribution in [0.3, 0.4) is 0 Å². The quantitative estimate of drug-likeness (QED) is 0.883. The summed E-state index contributed by atoms with van der Waals surface area (Å²) in [6.45, 7) is 0.169. The molecule has 2 heterocycles. The van der Waals surface area contributed by atoms with Crippen LogP contribution in [0.1, 0.15) is 0 Å². The van der Waals surface area contributed by atoms with Gasteiger partial charge in [0.2, 0.25) is 15.9 Å². The van der Waals surface area contributed by atoms with Crippen molar-refractivity contribution in [3.05, 3.63) is 14.7 Å². The van der Waals surface area contributed by atoms with Crippen molar-refractivity contribution >= 4 is 50.5 Å². The van der Waals surface area contributed by atoms with Gasteiger partial charge in [0.1, 0.15) is 15.3 Å². The fourth-order valence-corrected chi connectivity index (χ4v) is 5.41. The molecule has 1 aromatic heterocycles. The van der Waals surface area contributed by atoms with E-state index in [1.807, 2.05) is 0 Å². The van der Waals surface area contributed by atoms with E-state index in [2.05, 4.69) is 0 Å². The summed E-state index contributed by atoms with van der Waals surface area (Å²) in [5, 5.41) is 0. The predicted molar refractivity (Wildman–Crippen MR) is 72.0 cm³/mol. The minimum atomic E-state index is -3.92. The number of sulfonamides is 1. The molecule has 0 saturated carbocycles. The van der Waals surface area contributed by atoms with Crippen LogP contribution in [0.5, 0.6) is 0 Å². The highest BCUT2D eigenvalue weighted by Crippen LogP contribution is 2.36. The van der Waals surface area contributed by atoms with E-state index in [-0.39, 0.29) is 33.3 Å². The van der Waals surface area contributed by atoms with Gasteiger partial charge in [0.25, 0.3) is 0 Å². The van der Waals surface area contributed by atoms with E-state index in [9.17, 15) is 13.2 Å². The van der Waals surface area contributed by atoms with Gasteiger partial charge in [0.15, 0.2) is 0 Å². The fraction of sp³-hybridized carbons (Fsp3) is 0.444. The Morgan fingerprint density at radius 1 is 1.53 bits per heavy atom. The molecular formula is C9H10Cl2N2O4S2. The smallest absolute Gasteiger partial charge is 0.246 e. The summed E-state index contributed by atoms with van der Waals surface area (Å²) in [6.07, 6.45) is 0. The van der Waals surface area contributed by atoms with Gasteiger partial charge < -0.3 is 10.5 Å². The van der Waals surface area contributed by atoms with Gasteiger partial charge in [0.05, 0.1) is 17.6 Å². The largest absolute Gasteiger partial charge is 0.378 e. The molecule has 19 heavy (non-hydrogen) atoms. The number of carbonyl (C=O) groups is 1. The molecule has 0 spiro atoms. The Kier molecular flexibility index (Phi) is 4.38. The van der Waals surface area contributed by atoms with Gasteiger partial charge in [-0.3, -0.25) is 4.79 Å². The van der Waals surface area contributed by atoms with Crippen LogP contribution in [0.4, 0.5) is 0 Å². The van der Waals surface area contributed by atoms with Crippen LogP contribution in [0.15, 0.2) is 11.0 Å². The van der Waals surface area contributed by atoms with Crippen molar-refractivity contribution in [3.8, 4) is 0 Å². The first-order valence-corrected chi connectivity index (χ1v) is 8.19. The molecule has 2 rings (SSSR count). The van der Waals surface area contributed by atoms with E-state index in [1.165, 1.54) is 6.07 Å². The average Bonchev–Trinajstić information content (AvgIpc) is 2.69. The number of hydrogen-bond donors (Lipinski definition) is 1. The molecule has 1 aliphatic heterocycles. The zero-order chi connectivity index (χ0) is 14.2.